The Morgan fingerprint density at radius 3 is 2.27 bits per heavy atom. The Hall–Kier alpha value is -2.14. The van der Waals surface area contributed by atoms with Crippen molar-refractivity contribution < 1.29 is 32.2 Å². The van der Waals surface area contributed by atoms with Crippen molar-refractivity contribution in [3.63, 3.8) is 0 Å². The molecule has 2 aliphatic rings. The summed E-state index contributed by atoms with van der Waals surface area (Å²) in [5.41, 5.74) is 1.64. The quantitative estimate of drug-likeness (QED) is 0.365. The standard InChI is InChI=1S/C27H32F4N2O3S/c1-15(2)12-21(26(35)33-13-20(28)24-23(33)22(34)14-36-24)32-25(27(29,30)31)18-6-4-16(5-7-18)17-8-10-19(37-3)11-9-17/h4-11,15,20-25,32,34H,12-14H2,1-3H3/t20-,21-,22-,23+,24+,25-/m0/s1. The topological polar surface area (TPSA) is 61.8 Å². The number of rotatable bonds is 8. The Morgan fingerprint density at radius 1 is 1.14 bits per heavy atom. The summed E-state index contributed by atoms with van der Waals surface area (Å²) in [6, 6.07) is 9.61. The van der Waals surface area contributed by atoms with Gasteiger partial charge >= 0.3 is 6.18 Å². The Kier molecular flexibility index (Phi) is 8.52. The van der Waals surface area contributed by atoms with Crippen molar-refractivity contribution in [1.29, 1.82) is 0 Å². The smallest absolute Gasteiger partial charge is 0.388 e. The van der Waals surface area contributed by atoms with Crippen LogP contribution >= 0.6 is 11.8 Å². The van der Waals surface area contributed by atoms with Crippen LogP contribution < -0.4 is 5.32 Å². The van der Waals surface area contributed by atoms with Gasteiger partial charge in [-0.25, -0.2) is 4.39 Å². The van der Waals surface area contributed by atoms with Crippen LogP contribution in [-0.2, 0) is 9.53 Å². The molecule has 0 radical (unpaired) electrons. The van der Waals surface area contributed by atoms with Gasteiger partial charge in [-0.05, 0) is 47.4 Å². The van der Waals surface area contributed by atoms with Gasteiger partial charge in [-0.1, -0.05) is 50.2 Å². The van der Waals surface area contributed by atoms with E-state index in [2.05, 4.69) is 5.32 Å². The average Bonchev–Trinajstić information content (AvgIpc) is 3.40. The van der Waals surface area contributed by atoms with E-state index >= 15 is 0 Å². The van der Waals surface area contributed by atoms with E-state index in [0.717, 1.165) is 20.9 Å². The molecule has 0 unspecified atom stereocenters. The van der Waals surface area contributed by atoms with Crippen LogP contribution in [0.1, 0.15) is 31.9 Å². The molecule has 10 heteroatoms. The number of amides is 1. The van der Waals surface area contributed by atoms with Crippen LogP contribution in [0.5, 0.6) is 0 Å². The summed E-state index contributed by atoms with van der Waals surface area (Å²) < 4.78 is 62.6. The number of fused-ring (bicyclic) bond motifs is 1. The zero-order valence-corrected chi connectivity index (χ0v) is 21.7. The maximum atomic E-state index is 14.5. The molecule has 2 aliphatic heterocycles. The van der Waals surface area contributed by atoms with Gasteiger partial charge in [0.25, 0.3) is 0 Å². The second-order valence-corrected chi connectivity index (χ2v) is 10.9. The van der Waals surface area contributed by atoms with Gasteiger partial charge in [-0.15, -0.1) is 11.8 Å². The molecule has 0 aliphatic carbocycles. The van der Waals surface area contributed by atoms with Crippen molar-refractivity contribution >= 4 is 17.7 Å². The summed E-state index contributed by atoms with van der Waals surface area (Å²) in [5, 5.41) is 12.8. The second kappa shape index (κ2) is 11.3. The third-order valence-electron chi connectivity index (χ3n) is 6.93. The van der Waals surface area contributed by atoms with Crippen molar-refractivity contribution in [2.24, 2.45) is 5.92 Å². The van der Waals surface area contributed by atoms with Gasteiger partial charge in [0, 0.05) is 4.90 Å². The fourth-order valence-electron chi connectivity index (χ4n) is 5.12. The number of ether oxygens (including phenoxy) is 1. The molecule has 202 valence electrons. The number of halogens is 4. The molecule has 2 fully saturated rings. The molecule has 2 heterocycles. The summed E-state index contributed by atoms with van der Waals surface area (Å²) in [6.07, 6.45) is -6.13. The molecular formula is C27H32F4N2O3S. The van der Waals surface area contributed by atoms with Crippen LogP contribution in [0.2, 0.25) is 0 Å². The molecule has 4 rings (SSSR count). The number of alkyl halides is 4. The van der Waals surface area contributed by atoms with Gasteiger partial charge in [0.2, 0.25) is 5.91 Å². The summed E-state index contributed by atoms with van der Waals surface area (Å²) in [5.74, 6) is -0.764. The lowest BCUT2D eigenvalue weighted by Gasteiger charge is -2.33. The molecule has 5 nitrogen and oxygen atoms in total. The molecule has 0 spiro atoms. The lowest BCUT2D eigenvalue weighted by atomic mass is 9.97. The molecule has 2 saturated heterocycles. The Labute approximate surface area is 218 Å². The van der Waals surface area contributed by atoms with Crippen molar-refractivity contribution in [1.82, 2.24) is 10.2 Å². The van der Waals surface area contributed by atoms with Gasteiger partial charge in [0.15, 0.2) is 0 Å². The first-order chi connectivity index (χ1) is 17.5. The number of thioether (sulfide) groups is 1. The largest absolute Gasteiger partial charge is 0.407 e. The molecule has 2 aromatic carbocycles. The van der Waals surface area contributed by atoms with E-state index in [4.69, 9.17) is 4.74 Å². The molecule has 2 aromatic rings. The molecule has 1 amide bonds. The first-order valence-electron chi connectivity index (χ1n) is 12.3. The van der Waals surface area contributed by atoms with Crippen molar-refractivity contribution in [3.05, 3.63) is 54.1 Å². The van der Waals surface area contributed by atoms with E-state index in [0.29, 0.717) is 0 Å². The van der Waals surface area contributed by atoms with Gasteiger partial charge in [-0.3, -0.25) is 10.1 Å². The van der Waals surface area contributed by atoms with E-state index in [1.807, 2.05) is 30.5 Å². The number of nitrogens with one attached hydrogen (secondary N) is 1. The fourth-order valence-corrected chi connectivity index (χ4v) is 5.53. The predicted octanol–water partition coefficient (Wildman–Crippen LogP) is 4.99. The van der Waals surface area contributed by atoms with E-state index in [1.165, 1.54) is 12.1 Å². The minimum Gasteiger partial charge on any atom is -0.388 e. The molecule has 0 bridgehead atoms. The lowest BCUT2D eigenvalue weighted by molar-refractivity contribution is -0.163. The number of hydrogen-bond donors (Lipinski definition) is 2. The third kappa shape index (κ3) is 6.13. The fraction of sp³-hybridized carbons (Fsp3) is 0.519. The first kappa shape index (κ1) is 27.9. The van der Waals surface area contributed by atoms with Crippen LogP contribution in [0.4, 0.5) is 17.6 Å². The van der Waals surface area contributed by atoms with E-state index in [-0.39, 0.29) is 31.1 Å². The lowest BCUT2D eigenvalue weighted by Crippen LogP contribution is -2.54. The predicted molar refractivity (Wildman–Crippen MR) is 135 cm³/mol. The zero-order chi connectivity index (χ0) is 26.9. The van der Waals surface area contributed by atoms with E-state index in [1.54, 1.807) is 37.7 Å². The zero-order valence-electron chi connectivity index (χ0n) is 20.9. The Bertz CT molecular complexity index is 1060. The van der Waals surface area contributed by atoms with Gasteiger partial charge in [0.05, 0.1) is 25.2 Å². The molecule has 0 aromatic heterocycles. The van der Waals surface area contributed by atoms with Gasteiger partial charge in [0.1, 0.15) is 24.4 Å². The Balaban J connectivity index is 1.58. The second-order valence-electron chi connectivity index (χ2n) is 10.0. The number of hydrogen-bond acceptors (Lipinski definition) is 5. The Morgan fingerprint density at radius 2 is 1.73 bits per heavy atom. The van der Waals surface area contributed by atoms with Crippen LogP contribution in [0.3, 0.4) is 0 Å². The van der Waals surface area contributed by atoms with Crippen LogP contribution in [0.25, 0.3) is 11.1 Å². The van der Waals surface area contributed by atoms with E-state index in [9.17, 15) is 27.5 Å². The maximum absolute atomic E-state index is 14.5. The minimum absolute atomic E-state index is 0.0227. The number of likely N-dealkylation sites (tertiary alicyclic amines) is 1. The molecule has 2 N–H and O–H groups in total. The molecular weight excluding hydrogens is 508 g/mol. The van der Waals surface area contributed by atoms with Gasteiger partial charge in [-0.2, -0.15) is 13.2 Å². The molecule has 0 saturated carbocycles. The monoisotopic (exact) mass is 540 g/mol. The van der Waals surface area contributed by atoms with Crippen molar-refractivity contribution in [3.8, 4) is 11.1 Å². The van der Waals surface area contributed by atoms with Gasteiger partial charge < -0.3 is 14.7 Å². The maximum Gasteiger partial charge on any atom is 0.407 e. The number of carbonyl (C=O) groups excluding carboxylic acids is 1. The highest BCUT2D eigenvalue weighted by Gasteiger charge is 2.54. The molecule has 37 heavy (non-hydrogen) atoms. The van der Waals surface area contributed by atoms with Crippen LogP contribution in [-0.4, -0.2) is 72.0 Å². The van der Waals surface area contributed by atoms with Crippen LogP contribution in [0.15, 0.2) is 53.4 Å². The van der Waals surface area contributed by atoms with Crippen molar-refractivity contribution in [2.45, 2.75) is 67.8 Å². The summed E-state index contributed by atoms with van der Waals surface area (Å²) in [6.45, 7) is 3.18. The highest BCUT2D eigenvalue weighted by Crippen LogP contribution is 2.36. The number of benzene rings is 2. The van der Waals surface area contributed by atoms with Crippen LogP contribution in [0, 0.1) is 5.92 Å². The SMILES string of the molecule is CSc1ccc(-c2ccc([C@H](N[C@@H](CC(C)C)C(=O)N3C[C@H](F)[C@H]4OC[C@H](O)[C@H]43)C(F)(F)F)cc2)cc1. The number of aliphatic hydroxyl groups excluding tert-OH is 1. The summed E-state index contributed by atoms with van der Waals surface area (Å²) in [4.78, 5) is 15.7. The number of nitrogens with zero attached hydrogens (tertiary/aromatic N) is 1. The molecule has 6 atom stereocenters. The summed E-state index contributed by atoms with van der Waals surface area (Å²) >= 11 is 1.60. The number of aliphatic hydroxyl groups is 1. The highest BCUT2D eigenvalue weighted by molar-refractivity contribution is 7.98. The van der Waals surface area contributed by atoms with E-state index < -0.39 is 48.6 Å². The average molecular weight is 541 g/mol. The third-order valence-corrected chi connectivity index (χ3v) is 7.67. The highest BCUT2D eigenvalue weighted by atomic mass is 32.2. The normalized spacial score (nSPS) is 25.4. The minimum atomic E-state index is -4.68. The first-order valence-corrected chi connectivity index (χ1v) is 13.5. The summed E-state index contributed by atoms with van der Waals surface area (Å²) in [7, 11) is 0. The van der Waals surface area contributed by atoms with Crippen molar-refractivity contribution in [2.75, 3.05) is 19.4 Å². The number of carbonyl (C=O) groups is 1.